The van der Waals surface area contributed by atoms with Crippen molar-refractivity contribution in [3.8, 4) is 0 Å². The maximum absolute atomic E-state index is 12.4. The number of furan rings is 1. The molecule has 2 heterocycles. The van der Waals surface area contributed by atoms with Gasteiger partial charge < -0.3 is 9.32 Å². The second-order valence-corrected chi connectivity index (χ2v) is 7.94. The fourth-order valence-corrected chi connectivity index (χ4v) is 4.02. The Morgan fingerprint density at radius 1 is 1.04 bits per heavy atom. The molecule has 1 fully saturated rings. The molecule has 1 amide bonds. The highest BCUT2D eigenvalue weighted by Gasteiger charge is 2.27. The number of carbonyl (C=O) groups is 1. The summed E-state index contributed by atoms with van der Waals surface area (Å²) >= 11 is 0. The Balaban J connectivity index is 1.50. The van der Waals surface area contributed by atoms with Gasteiger partial charge in [0.2, 0.25) is 15.9 Å². The summed E-state index contributed by atoms with van der Waals surface area (Å²) in [4.78, 5) is 14.0. The van der Waals surface area contributed by atoms with Gasteiger partial charge in [-0.05, 0) is 23.8 Å². The van der Waals surface area contributed by atoms with Crippen molar-refractivity contribution in [2.24, 2.45) is 0 Å². The molecule has 26 heavy (non-hydrogen) atoms. The minimum absolute atomic E-state index is 0.0262. The number of nitrogens with zero attached hydrogens (tertiary/aromatic N) is 2. The third-order valence-corrected chi connectivity index (χ3v) is 5.91. The van der Waals surface area contributed by atoms with Crippen LogP contribution in [0.3, 0.4) is 0 Å². The van der Waals surface area contributed by atoms with Crippen molar-refractivity contribution in [2.75, 3.05) is 26.2 Å². The van der Waals surface area contributed by atoms with Gasteiger partial charge in [-0.1, -0.05) is 30.3 Å². The van der Waals surface area contributed by atoms with Crippen LogP contribution in [0.15, 0.2) is 58.6 Å². The third-order valence-electron chi connectivity index (χ3n) is 4.35. The number of carbonyl (C=O) groups excluding carboxylic acids is 1. The van der Waals surface area contributed by atoms with Crippen molar-refractivity contribution in [1.82, 2.24) is 9.21 Å². The molecule has 1 aromatic carbocycles. The van der Waals surface area contributed by atoms with Crippen LogP contribution in [0.25, 0.3) is 6.08 Å². The lowest BCUT2D eigenvalue weighted by Crippen LogP contribution is -2.50. The first-order chi connectivity index (χ1) is 12.5. The van der Waals surface area contributed by atoms with E-state index in [1.54, 1.807) is 23.3 Å². The standard InChI is InChI=1S/C19H22N2O4S/c22-19(9-8-18-7-4-15-25-18)20-11-13-21(14-12-20)26(23,24)16-10-17-5-2-1-3-6-17/h1-7,10,15-16H,8-9,11-14H2. The van der Waals surface area contributed by atoms with Crippen LogP contribution in [0.1, 0.15) is 17.7 Å². The van der Waals surface area contributed by atoms with Gasteiger partial charge >= 0.3 is 0 Å². The van der Waals surface area contributed by atoms with Gasteiger partial charge in [-0.2, -0.15) is 4.31 Å². The van der Waals surface area contributed by atoms with Crippen LogP contribution >= 0.6 is 0 Å². The van der Waals surface area contributed by atoms with Crippen molar-refractivity contribution in [2.45, 2.75) is 12.8 Å². The Hall–Kier alpha value is -2.38. The maximum Gasteiger partial charge on any atom is 0.236 e. The van der Waals surface area contributed by atoms with E-state index in [1.165, 1.54) is 9.71 Å². The van der Waals surface area contributed by atoms with E-state index in [4.69, 9.17) is 4.42 Å². The minimum Gasteiger partial charge on any atom is -0.469 e. The summed E-state index contributed by atoms with van der Waals surface area (Å²) in [5.74, 6) is 0.809. The molecule has 0 radical (unpaired) electrons. The molecule has 1 aromatic heterocycles. The van der Waals surface area contributed by atoms with Gasteiger partial charge in [0, 0.05) is 44.4 Å². The van der Waals surface area contributed by atoms with Crippen molar-refractivity contribution < 1.29 is 17.6 Å². The van der Waals surface area contributed by atoms with Crippen LogP contribution in [-0.2, 0) is 21.2 Å². The van der Waals surface area contributed by atoms with Crippen LogP contribution in [0.2, 0.25) is 0 Å². The van der Waals surface area contributed by atoms with E-state index in [1.807, 2.05) is 36.4 Å². The molecule has 1 saturated heterocycles. The molecule has 0 unspecified atom stereocenters. The first kappa shape index (κ1) is 18.4. The van der Waals surface area contributed by atoms with Crippen molar-refractivity contribution in [3.05, 3.63) is 65.5 Å². The number of aryl methyl sites for hydroxylation is 1. The Kier molecular flexibility index (Phi) is 5.90. The van der Waals surface area contributed by atoms with E-state index in [9.17, 15) is 13.2 Å². The molecule has 138 valence electrons. The van der Waals surface area contributed by atoms with Crippen LogP contribution < -0.4 is 0 Å². The van der Waals surface area contributed by atoms with Crippen molar-refractivity contribution in [1.29, 1.82) is 0 Å². The molecule has 0 saturated carbocycles. The molecule has 6 nitrogen and oxygen atoms in total. The first-order valence-corrected chi connectivity index (χ1v) is 10.1. The van der Waals surface area contributed by atoms with Gasteiger partial charge in [-0.25, -0.2) is 8.42 Å². The highest BCUT2D eigenvalue weighted by Crippen LogP contribution is 2.13. The van der Waals surface area contributed by atoms with E-state index in [0.29, 0.717) is 39.0 Å². The molecule has 0 spiro atoms. The largest absolute Gasteiger partial charge is 0.469 e. The van der Waals surface area contributed by atoms with Crippen LogP contribution in [0.5, 0.6) is 0 Å². The number of hydrogen-bond donors (Lipinski definition) is 0. The Morgan fingerprint density at radius 3 is 2.42 bits per heavy atom. The molecule has 0 bridgehead atoms. The summed E-state index contributed by atoms with van der Waals surface area (Å²) in [6, 6.07) is 12.9. The third kappa shape index (κ3) is 4.83. The zero-order valence-electron chi connectivity index (χ0n) is 14.5. The quantitative estimate of drug-likeness (QED) is 0.778. The lowest BCUT2D eigenvalue weighted by Gasteiger charge is -2.33. The topological polar surface area (TPSA) is 70.8 Å². The molecule has 0 atom stereocenters. The summed E-state index contributed by atoms with van der Waals surface area (Å²) in [5.41, 5.74) is 0.836. The van der Waals surface area contributed by atoms with Gasteiger partial charge in [-0.3, -0.25) is 4.79 Å². The number of hydrogen-bond acceptors (Lipinski definition) is 4. The van der Waals surface area contributed by atoms with E-state index < -0.39 is 10.0 Å². The molecule has 3 rings (SSSR count). The lowest BCUT2D eigenvalue weighted by molar-refractivity contribution is -0.132. The summed E-state index contributed by atoms with van der Waals surface area (Å²) < 4.78 is 31.5. The molecular weight excluding hydrogens is 352 g/mol. The van der Waals surface area contributed by atoms with Crippen molar-refractivity contribution >= 4 is 22.0 Å². The predicted molar refractivity (Wildman–Crippen MR) is 99.6 cm³/mol. The number of amides is 1. The van der Waals surface area contributed by atoms with E-state index in [0.717, 1.165) is 11.3 Å². The fourth-order valence-electron chi connectivity index (χ4n) is 2.85. The SMILES string of the molecule is O=C(CCc1ccco1)N1CCN(S(=O)(=O)C=Cc2ccccc2)CC1. The van der Waals surface area contributed by atoms with Gasteiger partial charge in [0.25, 0.3) is 0 Å². The molecule has 0 N–H and O–H groups in total. The van der Waals surface area contributed by atoms with Crippen molar-refractivity contribution in [3.63, 3.8) is 0 Å². The van der Waals surface area contributed by atoms with Crippen LogP contribution in [0, 0.1) is 0 Å². The smallest absolute Gasteiger partial charge is 0.236 e. The number of sulfonamides is 1. The van der Waals surface area contributed by atoms with E-state index in [2.05, 4.69) is 0 Å². The summed E-state index contributed by atoms with van der Waals surface area (Å²) in [7, 11) is -3.48. The average molecular weight is 374 g/mol. The molecule has 1 aliphatic rings. The van der Waals surface area contributed by atoms with Gasteiger partial charge in [-0.15, -0.1) is 0 Å². The lowest BCUT2D eigenvalue weighted by atomic mass is 10.2. The van der Waals surface area contributed by atoms with E-state index >= 15 is 0 Å². The molecular formula is C19H22N2O4S. The van der Waals surface area contributed by atoms with Crippen LogP contribution in [0.4, 0.5) is 0 Å². The van der Waals surface area contributed by atoms with Crippen LogP contribution in [-0.4, -0.2) is 49.7 Å². The molecule has 7 heteroatoms. The summed E-state index contributed by atoms with van der Waals surface area (Å²) in [6.07, 6.45) is 4.11. The number of rotatable bonds is 6. The molecule has 2 aromatic rings. The van der Waals surface area contributed by atoms with Gasteiger partial charge in [0.15, 0.2) is 0 Å². The minimum atomic E-state index is -3.48. The normalized spacial score (nSPS) is 16.2. The van der Waals surface area contributed by atoms with E-state index in [-0.39, 0.29) is 5.91 Å². The highest BCUT2D eigenvalue weighted by atomic mass is 32.2. The average Bonchev–Trinajstić information content (AvgIpc) is 3.19. The zero-order chi connectivity index (χ0) is 18.4. The molecule has 0 aliphatic carbocycles. The Bertz CT molecular complexity index is 837. The van der Waals surface area contributed by atoms with Gasteiger partial charge in [0.1, 0.15) is 5.76 Å². The second-order valence-electron chi connectivity index (χ2n) is 6.12. The monoisotopic (exact) mass is 374 g/mol. The molecule has 1 aliphatic heterocycles. The Labute approximate surface area is 153 Å². The summed E-state index contributed by atoms with van der Waals surface area (Å²) in [5, 5.41) is 1.23. The number of benzene rings is 1. The number of piperazine rings is 1. The zero-order valence-corrected chi connectivity index (χ0v) is 15.3. The highest BCUT2D eigenvalue weighted by molar-refractivity contribution is 7.92. The first-order valence-electron chi connectivity index (χ1n) is 8.58. The second kappa shape index (κ2) is 8.33. The van der Waals surface area contributed by atoms with Gasteiger partial charge in [0.05, 0.1) is 6.26 Å². The predicted octanol–water partition coefficient (Wildman–Crippen LogP) is 2.36. The maximum atomic E-state index is 12.4. The summed E-state index contributed by atoms with van der Waals surface area (Å²) in [6.45, 7) is 1.45. The fraction of sp³-hybridized carbons (Fsp3) is 0.316. The Morgan fingerprint density at radius 2 is 1.77 bits per heavy atom.